The fourth-order valence-electron chi connectivity index (χ4n) is 2.69. The smallest absolute Gasteiger partial charge is 0.338 e. The molecule has 3 aromatic rings. The van der Waals surface area contributed by atoms with Crippen LogP contribution in [0.2, 0.25) is 0 Å². The molecule has 1 fully saturated rings. The molecule has 2 aromatic heterocycles. The number of nitriles is 1. The number of nitrogens with zero attached hydrogens (tertiary/aromatic N) is 5. The lowest BCUT2D eigenvalue weighted by Crippen LogP contribution is -2.04. The number of alkyl halides is 3. The fraction of sp³-hybridized carbons (Fsp3) is 0.316. The van der Waals surface area contributed by atoms with E-state index < -0.39 is 11.7 Å². The molecule has 1 aliphatic rings. The largest absolute Gasteiger partial charge is 0.416 e. The first-order valence-electron chi connectivity index (χ1n) is 8.77. The van der Waals surface area contributed by atoms with Crippen LogP contribution in [0.5, 0.6) is 0 Å². The van der Waals surface area contributed by atoms with Crippen molar-refractivity contribution >= 4 is 11.8 Å². The van der Waals surface area contributed by atoms with E-state index in [0.29, 0.717) is 27.8 Å². The highest BCUT2D eigenvalue weighted by atomic mass is 32.2. The first kappa shape index (κ1) is 19.4. The Morgan fingerprint density at radius 3 is 2.52 bits per heavy atom. The summed E-state index contributed by atoms with van der Waals surface area (Å²) in [6.45, 7) is 1.78. The van der Waals surface area contributed by atoms with Crippen LogP contribution in [0, 0.1) is 18.3 Å². The molecule has 0 unspecified atom stereocenters. The maximum absolute atomic E-state index is 12.7. The van der Waals surface area contributed by atoms with Crippen molar-refractivity contribution in [2.75, 3.05) is 0 Å². The molecule has 1 aromatic carbocycles. The molecule has 2 heterocycles. The van der Waals surface area contributed by atoms with Crippen molar-refractivity contribution in [3.63, 3.8) is 0 Å². The number of benzene rings is 1. The quantitative estimate of drug-likeness (QED) is 0.431. The summed E-state index contributed by atoms with van der Waals surface area (Å²) in [5.41, 5.74) is 0.740. The Kier molecular flexibility index (Phi) is 5.00. The van der Waals surface area contributed by atoms with Crippen LogP contribution < -0.4 is 0 Å². The zero-order valence-electron chi connectivity index (χ0n) is 15.2. The number of hydrogen-bond donors (Lipinski definition) is 0. The Morgan fingerprint density at radius 1 is 1.17 bits per heavy atom. The summed E-state index contributed by atoms with van der Waals surface area (Å²) in [5.74, 6) is 1.88. The lowest BCUT2D eigenvalue weighted by Gasteiger charge is -2.06. The number of rotatable bonds is 5. The topological polar surface area (TPSA) is 88.5 Å². The number of hydrogen-bond acceptors (Lipinski definition) is 7. The molecule has 0 aliphatic heterocycles. The van der Waals surface area contributed by atoms with Gasteiger partial charge in [0.1, 0.15) is 22.5 Å². The van der Waals surface area contributed by atoms with E-state index in [4.69, 9.17) is 4.52 Å². The molecule has 0 amide bonds. The monoisotopic (exact) mass is 417 g/mol. The third-order valence-corrected chi connectivity index (χ3v) is 5.36. The summed E-state index contributed by atoms with van der Waals surface area (Å²) >= 11 is 1.29. The number of thioether (sulfide) groups is 1. The molecule has 0 bridgehead atoms. The van der Waals surface area contributed by atoms with Crippen LogP contribution in [0.4, 0.5) is 13.2 Å². The van der Waals surface area contributed by atoms with Gasteiger partial charge in [-0.05, 0) is 31.9 Å². The average Bonchev–Trinajstić information content (AvgIpc) is 3.43. The zero-order valence-corrected chi connectivity index (χ0v) is 16.0. The zero-order chi connectivity index (χ0) is 20.6. The van der Waals surface area contributed by atoms with E-state index >= 15 is 0 Å². The molecule has 0 saturated heterocycles. The molecule has 6 nitrogen and oxygen atoms in total. The minimum Gasteiger partial charge on any atom is -0.338 e. The third kappa shape index (κ3) is 4.24. The predicted octanol–water partition coefficient (Wildman–Crippen LogP) is 4.90. The average molecular weight is 417 g/mol. The molecule has 4 rings (SSSR count). The van der Waals surface area contributed by atoms with Gasteiger partial charge >= 0.3 is 6.18 Å². The van der Waals surface area contributed by atoms with Crippen molar-refractivity contribution in [2.45, 2.75) is 42.6 Å². The highest BCUT2D eigenvalue weighted by Gasteiger charge is 2.30. The minimum absolute atomic E-state index is 0.201. The van der Waals surface area contributed by atoms with E-state index in [9.17, 15) is 18.4 Å². The maximum Gasteiger partial charge on any atom is 0.416 e. The van der Waals surface area contributed by atoms with Gasteiger partial charge in [-0.1, -0.05) is 29.1 Å². The van der Waals surface area contributed by atoms with Gasteiger partial charge in [0.15, 0.2) is 0 Å². The van der Waals surface area contributed by atoms with E-state index in [1.807, 2.05) is 0 Å². The van der Waals surface area contributed by atoms with E-state index in [0.717, 1.165) is 30.8 Å². The Labute approximate surface area is 168 Å². The van der Waals surface area contributed by atoms with Gasteiger partial charge in [-0.2, -0.15) is 23.4 Å². The van der Waals surface area contributed by atoms with E-state index in [1.165, 1.54) is 23.9 Å². The molecule has 1 saturated carbocycles. The summed E-state index contributed by atoms with van der Waals surface area (Å²) in [7, 11) is 0. The molecular formula is C19H14F3N5OS. The van der Waals surface area contributed by atoms with Crippen LogP contribution in [0.15, 0.2) is 33.8 Å². The molecule has 10 heteroatoms. The standard InChI is InChI=1S/C19H14F3N5OS/c1-10-14(8-23)18(26-16(24-10)11-2-3-11)29-9-15-25-17(27-28-15)12-4-6-13(7-5-12)19(20,21)22/h4-7,11H,2-3,9H2,1H3. The van der Waals surface area contributed by atoms with Gasteiger partial charge in [-0.3, -0.25) is 0 Å². The summed E-state index contributed by atoms with van der Waals surface area (Å²) in [6.07, 6.45) is -2.30. The first-order chi connectivity index (χ1) is 13.8. The number of halogens is 3. The second kappa shape index (κ2) is 7.48. The van der Waals surface area contributed by atoms with Crippen LogP contribution in [-0.2, 0) is 11.9 Å². The van der Waals surface area contributed by atoms with Crippen molar-refractivity contribution in [1.29, 1.82) is 5.26 Å². The molecule has 0 radical (unpaired) electrons. The van der Waals surface area contributed by atoms with Gasteiger partial charge in [0.05, 0.1) is 17.0 Å². The molecule has 0 atom stereocenters. The maximum atomic E-state index is 12.7. The van der Waals surface area contributed by atoms with Crippen molar-refractivity contribution in [1.82, 2.24) is 20.1 Å². The second-order valence-corrected chi connectivity index (χ2v) is 7.57. The lowest BCUT2D eigenvalue weighted by atomic mass is 10.1. The van der Waals surface area contributed by atoms with Gasteiger partial charge in [0.2, 0.25) is 11.7 Å². The van der Waals surface area contributed by atoms with Crippen molar-refractivity contribution in [2.24, 2.45) is 0 Å². The van der Waals surface area contributed by atoms with Crippen molar-refractivity contribution in [3.05, 3.63) is 52.8 Å². The van der Waals surface area contributed by atoms with E-state index in [1.54, 1.807) is 6.92 Å². The Bertz CT molecular complexity index is 1080. The molecular weight excluding hydrogens is 403 g/mol. The SMILES string of the molecule is Cc1nc(C2CC2)nc(SCc2nc(-c3ccc(C(F)(F)F)cc3)no2)c1C#N. The van der Waals surface area contributed by atoms with Gasteiger partial charge in [-0.15, -0.1) is 0 Å². The summed E-state index contributed by atoms with van der Waals surface area (Å²) in [4.78, 5) is 13.2. The highest BCUT2D eigenvalue weighted by molar-refractivity contribution is 7.98. The Morgan fingerprint density at radius 2 is 1.90 bits per heavy atom. The predicted molar refractivity (Wildman–Crippen MR) is 97.8 cm³/mol. The molecule has 0 spiro atoms. The highest BCUT2D eigenvalue weighted by Crippen LogP contribution is 2.39. The number of aromatic nitrogens is 4. The number of aryl methyl sites for hydroxylation is 1. The Hall–Kier alpha value is -2.93. The van der Waals surface area contributed by atoms with Crippen LogP contribution in [0.1, 0.15) is 47.3 Å². The van der Waals surface area contributed by atoms with Crippen LogP contribution in [0.3, 0.4) is 0 Å². The molecule has 1 aliphatic carbocycles. The summed E-state index contributed by atoms with van der Waals surface area (Å²) in [5, 5.41) is 13.8. The first-order valence-corrected chi connectivity index (χ1v) is 9.75. The van der Waals surface area contributed by atoms with Gasteiger partial charge in [0, 0.05) is 11.5 Å². The molecule has 0 N–H and O–H groups in total. The molecule has 29 heavy (non-hydrogen) atoms. The normalized spacial score (nSPS) is 14.0. The van der Waals surface area contributed by atoms with Crippen molar-refractivity contribution < 1.29 is 17.7 Å². The van der Waals surface area contributed by atoms with E-state index in [2.05, 4.69) is 26.2 Å². The fourth-order valence-corrected chi connectivity index (χ4v) is 3.57. The summed E-state index contributed by atoms with van der Waals surface area (Å²) < 4.78 is 43.2. The van der Waals surface area contributed by atoms with E-state index in [-0.39, 0.29) is 17.5 Å². The Balaban J connectivity index is 1.50. The lowest BCUT2D eigenvalue weighted by molar-refractivity contribution is -0.137. The van der Waals surface area contributed by atoms with Crippen LogP contribution in [-0.4, -0.2) is 20.1 Å². The van der Waals surface area contributed by atoms with Crippen molar-refractivity contribution in [3.8, 4) is 17.5 Å². The van der Waals surface area contributed by atoms with Gasteiger partial charge in [-0.25, -0.2) is 9.97 Å². The third-order valence-electron chi connectivity index (χ3n) is 4.40. The van der Waals surface area contributed by atoms with Crippen LogP contribution >= 0.6 is 11.8 Å². The van der Waals surface area contributed by atoms with Crippen LogP contribution in [0.25, 0.3) is 11.4 Å². The minimum atomic E-state index is -4.40. The van der Waals surface area contributed by atoms with Gasteiger partial charge in [0.25, 0.3) is 0 Å². The second-order valence-electron chi connectivity index (χ2n) is 6.61. The summed E-state index contributed by atoms with van der Waals surface area (Å²) in [6, 6.07) is 6.68. The molecule has 148 valence electrons. The van der Waals surface area contributed by atoms with Gasteiger partial charge < -0.3 is 4.52 Å².